The van der Waals surface area contributed by atoms with Crippen LogP contribution in [0, 0.1) is 0 Å². The lowest BCUT2D eigenvalue weighted by atomic mass is 9.89. The maximum Gasteiger partial charge on any atom is 0.141 e. The number of aromatic nitrogens is 2. The predicted octanol–water partition coefficient (Wildman–Crippen LogP) is 4.89. The fraction of sp³-hybridized carbons (Fsp3) is 0.316. The van der Waals surface area contributed by atoms with Gasteiger partial charge < -0.3 is 9.72 Å². The molecule has 1 atom stereocenters. The first-order valence-corrected chi connectivity index (χ1v) is 7.88. The Balaban J connectivity index is 2.13. The van der Waals surface area contributed by atoms with Gasteiger partial charge in [-0.3, -0.25) is 0 Å². The van der Waals surface area contributed by atoms with Crippen LogP contribution in [0.15, 0.2) is 48.8 Å². The van der Waals surface area contributed by atoms with Crippen LogP contribution in [0.1, 0.15) is 44.2 Å². The molecule has 0 saturated carbocycles. The highest BCUT2D eigenvalue weighted by Gasteiger charge is 2.19. The number of nitrogens with one attached hydrogen (secondary N) is 1. The Kier molecular flexibility index (Phi) is 4.14. The number of nitrogens with zero attached hydrogens (tertiary/aromatic N) is 1. The zero-order chi connectivity index (χ0) is 15.5. The van der Waals surface area contributed by atoms with E-state index in [9.17, 15) is 0 Å². The number of hydrogen-bond donors (Lipinski definition) is 1. The van der Waals surface area contributed by atoms with E-state index in [2.05, 4.69) is 53.4 Å². The largest absolute Gasteiger partial charge is 0.490 e. The first-order chi connectivity index (χ1) is 10.7. The zero-order valence-electron chi connectivity index (χ0n) is 13.3. The summed E-state index contributed by atoms with van der Waals surface area (Å²) in [6, 6.07) is 12.6. The molecule has 3 heteroatoms. The molecule has 0 spiro atoms. The standard InChI is InChI=1S/C19H22N2O/c1-4-15(14-8-6-5-7-9-14)16-12-21-19-18(16)17(10-11-20-19)22-13(2)3/h5-13,15H,4H2,1-3H3,(H,20,21)/t15-/m0/s1. The molecule has 0 aliphatic heterocycles. The van der Waals surface area contributed by atoms with E-state index in [0.717, 1.165) is 23.2 Å². The second-order valence-corrected chi connectivity index (χ2v) is 5.81. The summed E-state index contributed by atoms with van der Waals surface area (Å²) in [5.74, 6) is 1.25. The molecule has 22 heavy (non-hydrogen) atoms. The van der Waals surface area contributed by atoms with Gasteiger partial charge in [-0.1, -0.05) is 37.3 Å². The van der Waals surface area contributed by atoms with Gasteiger partial charge in [0.05, 0.1) is 11.5 Å². The van der Waals surface area contributed by atoms with Gasteiger partial charge in [0.15, 0.2) is 0 Å². The molecule has 1 aromatic carbocycles. The van der Waals surface area contributed by atoms with Gasteiger partial charge >= 0.3 is 0 Å². The summed E-state index contributed by atoms with van der Waals surface area (Å²) < 4.78 is 6.00. The van der Waals surface area contributed by atoms with Crippen molar-refractivity contribution in [2.75, 3.05) is 0 Å². The first-order valence-electron chi connectivity index (χ1n) is 7.88. The van der Waals surface area contributed by atoms with Crippen molar-refractivity contribution in [1.29, 1.82) is 0 Å². The molecular weight excluding hydrogens is 272 g/mol. The van der Waals surface area contributed by atoms with Crippen LogP contribution in [0.2, 0.25) is 0 Å². The molecular formula is C19H22N2O. The maximum absolute atomic E-state index is 6.00. The van der Waals surface area contributed by atoms with Gasteiger partial charge in [-0.2, -0.15) is 0 Å². The van der Waals surface area contributed by atoms with Crippen molar-refractivity contribution in [3.8, 4) is 5.75 Å². The van der Waals surface area contributed by atoms with E-state index in [1.807, 2.05) is 19.9 Å². The third-order valence-corrected chi connectivity index (χ3v) is 3.91. The van der Waals surface area contributed by atoms with Gasteiger partial charge in [-0.15, -0.1) is 0 Å². The molecule has 3 nitrogen and oxygen atoms in total. The number of ether oxygens (including phenoxy) is 1. The van der Waals surface area contributed by atoms with E-state index in [0.29, 0.717) is 5.92 Å². The molecule has 2 aromatic heterocycles. The summed E-state index contributed by atoms with van der Waals surface area (Å²) in [7, 11) is 0. The van der Waals surface area contributed by atoms with Crippen LogP contribution in [-0.2, 0) is 0 Å². The molecule has 0 saturated heterocycles. The molecule has 114 valence electrons. The topological polar surface area (TPSA) is 37.9 Å². The van der Waals surface area contributed by atoms with E-state index >= 15 is 0 Å². The fourth-order valence-corrected chi connectivity index (χ4v) is 3.00. The minimum atomic E-state index is 0.144. The van der Waals surface area contributed by atoms with Crippen molar-refractivity contribution in [3.05, 3.63) is 59.9 Å². The summed E-state index contributed by atoms with van der Waals surface area (Å²) >= 11 is 0. The molecule has 2 heterocycles. The second kappa shape index (κ2) is 6.22. The van der Waals surface area contributed by atoms with E-state index in [1.165, 1.54) is 11.1 Å². The van der Waals surface area contributed by atoms with E-state index in [4.69, 9.17) is 4.74 Å². The molecule has 3 aromatic rings. The molecule has 0 bridgehead atoms. The average Bonchev–Trinajstić information content (AvgIpc) is 2.94. The molecule has 0 unspecified atom stereocenters. The van der Waals surface area contributed by atoms with Crippen molar-refractivity contribution in [2.24, 2.45) is 0 Å². The minimum Gasteiger partial charge on any atom is -0.490 e. The summed E-state index contributed by atoms with van der Waals surface area (Å²) in [6.45, 7) is 6.32. The van der Waals surface area contributed by atoms with Crippen LogP contribution in [0.5, 0.6) is 5.75 Å². The monoisotopic (exact) mass is 294 g/mol. The Hall–Kier alpha value is -2.29. The second-order valence-electron chi connectivity index (χ2n) is 5.81. The van der Waals surface area contributed by atoms with Crippen molar-refractivity contribution < 1.29 is 4.74 Å². The highest BCUT2D eigenvalue weighted by molar-refractivity contribution is 5.87. The quantitative estimate of drug-likeness (QED) is 0.727. The Morgan fingerprint density at radius 2 is 1.91 bits per heavy atom. The van der Waals surface area contributed by atoms with Crippen molar-refractivity contribution in [1.82, 2.24) is 9.97 Å². The normalized spacial score (nSPS) is 12.7. The Bertz CT molecular complexity index is 746. The van der Waals surface area contributed by atoms with Gasteiger partial charge in [0.2, 0.25) is 0 Å². The number of rotatable bonds is 5. The van der Waals surface area contributed by atoms with Crippen LogP contribution < -0.4 is 4.74 Å². The third kappa shape index (κ3) is 2.71. The van der Waals surface area contributed by atoms with Crippen molar-refractivity contribution >= 4 is 11.0 Å². The van der Waals surface area contributed by atoms with Crippen LogP contribution in [0.25, 0.3) is 11.0 Å². The molecule has 0 amide bonds. The molecule has 0 aliphatic carbocycles. The predicted molar refractivity (Wildman–Crippen MR) is 90.4 cm³/mol. The summed E-state index contributed by atoms with van der Waals surface area (Å²) in [5.41, 5.74) is 3.47. The molecule has 0 fully saturated rings. The van der Waals surface area contributed by atoms with Crippen LogP contribution >= 0.6 is 0 Å². The van der Waals surface area contributed by atoms with E-state index < -0.39 is 0 Å². The lowest BCUT2D eigenvalue weighted by Crippen LogP contribution is -2.07. The first kappa shape index (κ1) is 14.6. The number of aromatic amines is 1. The van der Waals surface area contributed by atoms with Crippen LogP contribution in [-0.4, -0.2) is 16.1 Å². The van der Waals surface area contributed by atoms with Crippen molar-refractivity contribution in [2.45, 2.75) is 39.2 Å². The van der Waals surface area contributed by atoms with Gasteiger partial charge in [-0.05, 0) is 37.5 Å². The zero-order valence-corrected chi connectivity index (χ0v) is 13.3. The maximum atomic E-state index is 6.00. The number of benzene rings is 1. The van der Waals surface area contributed by atoms with E-state index in [1.54, 1.807) is 6.20 Å². The fourth-order valence-electron chi connectivity index (χ4n) is 3.00. The molecule has 0 radical (unpaired) electrons. The highest BCUT2D eigenvalue weighted by Crippen LogP contribution is 2.37. The van der Waals surface area contributed by atoms with Gasteiger partial charge in [-0.25, -0.2) is 4.98 Å². The smallest absolute Gasteiger partial charge is 0.141 e. The Morgan fingerprint density at radius 1 is 1.14 bits per heavy atom. The average molecular weight is 294 g/mol. The van der Waals surface area contributed by atoms with Gasteiger partial charge in [0.1, 0.15) is 11.4 Å². The van der Waals surface area contributed by atoms with Crippen LogP contribution in [0.4, 0.5) is 0 Å². The number of pyridine rings is 1. The Morgan fingerprint density at radius 3 is 2.59 bits per heavy atom. The van der Waals surface area contributed by atoms with Gasteiger partial charge in [0.25, 0.3) is 0 Å². The summed E-state index contributed by atoms with van der Waals surface area (Å²) in [5, 5.41) is 1.10. The number of H-pyrrole nitrogens is 1. The molecule has 3 rings (SSSR count). The minimum absolute atomic E-state index is 0.144. The lowest BCUT2D eigenvalue weighted by Gasteiger charge is -2.17. The number of hydrogen-bond acceptors (Lipinski definition) is 2. The highest BCUT2D eigenvalue weighted by atomic mass is 16.5. The van der Waals surface area contributed by atoms with Crippen molar-refractivity contribution in [3.63, 3.8) is 0 Å². The third-order valence-electron chi connectivity index (χ3n) is 3.91. The SMILES string of the molecule is CC[C@@H](c1ccccc1)c1c[nH]c2nccc(OC(C)C)c12. The van der Waals surface area contributed by atoms with E-state index in [-0.39, 0.29) is 6.10 Å². The molecule has 1 N–H and O–H groups in total. The number of fused-ring (bicyclic) bond motifs is 1. The Labute approximate surface area is 131 Å². The summed E-state index contributed by atoms with van der Waals surface area (Å²) in [4.78, 5) is 7.74. The molecule has 0 aliphatic rings. The lowest BCUT2D eigenvalue weighted by molar-refractivity contribution is 0.245. The van der Waals surface area contributed by atoms with Crippen LogP contribution in [0.3, 0.4) is 0 Å². The summed E-state index contributed by atoms with van der Waals surface area (Å²) in [6.07, 6.45) is 5.05. The van der Waals surface area contributed by atoms with Gasteiger partial charge in [0, 0.05) is 18.3 Å².